The van der Waals surface area contributed by atoms with E-state index >= 15 is 0 Å². The zero-order valence-electron chi connectivity index (χ0n) is 24.3. The van der Waals surface area contributed by atoms with Crippen molar-refractivity contribution < 1.29 is 29.0 Å². The summed E-state index contributed by atoms with van der Waals surface area (Å²) < 4.78 is 5.69. The van der Waals surface area contributed by atoms with Gasteiger partial charge < -0.3 is 25.4 Å². The van der Waals surface area contributed by atoms with Gasteiger partial charge in [-0.1, -0.05) is 89.1 Å². The minimum absolute atomic E-state index is 0.112. The van der Waals surface area contributed by atoms with Gasteiger partial charge in [0.05, 0.1) is 0 Å². The third-order valence-electron chi connectivity index (χ3n) is 8.71. The van der Waals surface area contributed by atoms with Crippen LogP contribution >= 0.6 is 0 Å². The molecular weight excluding hydrogens is 522 g/mol. The van der Waals surface area contributed by atoms with E-state index < -0.39 is 42.0 Å². The second kappa shape index (κ2) is 13.2. The number of carbonyl (C=O) groups excluding carboxylic acids is 3. The number of aliphatic carboxylic acids is 1. The van der Waals surface area contributed by atoms with Crippen LogP contribution in [0.25, 0.3) is 11.1 Å². The molecule has 0 bridgehead atoms. The molecule has 4 rings (SSSR count). The molecule has 3 N–H and O–H groups in total. The van der Waals surface area contributed by atoms with Gasteiger partial charge >= 0.3 is 12.1 Å². The number of carbonyl (C=O) groups is 4. The zero-order chi connectivity index (χ0) is 29.7. The van der Waals surface area contributed by atoms with Crippen LogP contribution in [0.1, 0.15) is 70.4 Å². The minimum atomic E-state index is -1.04. The third kappa shape index (κ3) is 6.39. The van der Waals surface area contributed by atoms with E-state index in [0.29, 0.717) is 32.2 Å². The normalized spacial score (nSPS) is 18.9. The van der Waals surface area contributed by atoms with Crippen LogP contribution in [0.5, 0.6) is 0 Å². The Morgan fingerprint density at radius 1 is 0.902 bits per heavy atom. The second-order valence-corrected chi connectivity index (χ2v) is 11.2. The Balaban J connectivity index is 1.45. The predicted octanol–water partition coefficient (Wildman–Crippen LogP) is 4.55. The molecule has 0 saturated carbocycles. The summed E-state index contributed by atoms with van der Waals surface area (Å²) in [5.41, 5.74) is 4.43. The maximum absolute atomic E-state index is 13.6. The molecule has 1 fully saturated rings. The molecule has 1 aliphatic heterocycles. The van der Waals surface area contributed by atoms with Crippen LogP contribution < -0.4 is 10.6 Å². The van der Waals surface area contributed by atoms with Gasteiger partial charge in [-0.25, -0.2) is 9.59 Å². The van der Waals surface area contributed by atoms with Crippen LogP contribution in [-0.2, 0) is 19.1 Å². The van der Waals surface area contributed by atoms with E-state index in [0.717, 1.165) is 22.3 Å². The quantitative estimate of drug-likeness (QED) is 0.369. The largest absolute Gasteiger partial charge is 0.480 e. The van der Waals surface area contributed by atoms with E-state index in [-0.39, 0.29) is 24.4 Å². The summed E-state index contributed by atoms with van der Waals surface area (Å²) in [4.78, 5) is 53.1. The number of alkyl carbamates (subject to hydrolysis) is 1. The number of rotatable bonds is 11. The van der Waals surface area contributed by atoms with E-state index in [2.05, 4.69) is 22.8 Å². The molecule has 0 aromatic heterocycles. The van der Waals surface area contributed by atoms with E-state index in [1.54, 1.807) is 0 Å². The average Bonchev–Trinajstić information content (AvgIpc) is 3.60. The van der Waals surface area contributed by atoms with Crippen molar-refractivity contribution in [2.45, 2.75) is 77.4 Å². The lowest BCUT2D eigenvalue weighted by molar-refractivity contribution is -0.150. The van der Waals surface area contributed by atoms with Gasteiger partial charge in [0.25, 0.3) is 0 Å². The van der Waals surface area contributed by atoms with Gasteiger partial charge in [-0.15, -0.1) is 0 Å². The van der Waals surface area contributed by atoms with Crippen molar-refractivity contribution >= 4 is 23.9 Å². The van der Waals surface area contributed by atoms with Gasteiger partial charge in [0.15, 0.2) is 0 Å². The fourth-order valence-corrected chi connectivity index (χ4v) is 5.86. The Morgan fingerprint density at radius 2 is 1.46 bits per heavy atom. The molecule has 3 amide bonds. The van der Waals surface area contributed by atoms with Gasteiger partial charge in [0.2, 0.25) is 11.8 Å². The zero-order valence-corrected chi connectivity index (χ0v) is 24.3. The second-order valence-electron chi connectivity index (χ2n) is 11.2. The number of carboxylic acid groups (broad SMARTS) is 1. The monoisotopic (exact) mass is 563 g/mol. The molecule has 1 saturated heterocycles. The highest BCUT2D eigenvalue weighted by atomic mass is 16.5. The Hall–Kier alpha value is -3.88. The SMILES string of the molecule is CC[C@H](C)[C@H](NC(=O)OCC1c2ccccc2-c2ccccc21)C(=O)N[C@H](C(=O)N1CCC[C@H]1C(=O)O)[C@@H](C)CC. The molecule has 9 nitrogen and oxygen atoms in total. The van der Waals surface area contributed by atoms with Crippen molar-refractivity contribution in [3.05, 3.63) is 59.7 Å². The lowest BCUT2D eigenvalue weighted by atomic mass is 9.94. The molecule has 2 aliphatic rings. The third-order valence-corrected chi connectivity index (χ3v) is 8.71. The standard InChI is InChI=1S/C32H41N3O6/c1-5-19(3)27(29(36)33-28(20(4)6-2)30(37)35-17-11-16-26(35)31(38)39)34-32(40)41-18-25-23-14-9-7-12-21(23)22-13-8-10-15-24(22)25/h7-10,12-15,19-20,25-28H,5-6,11,16-18H2,1-4H3,(H,33,36)(H,34,40)(H,38,39)/t19-,20-,26-,27-,28-/m0/s1. The Bertz CT molecular complexity index is 1230. The maximum atomic E-state index is 13.6. The topological polar surface area (TPSA) is 125 Å². The first-order valence-corrected chi connectivity index (χ1v) is 14.6. The number of hydrogen-bond donors (Lipinski definition) is 3. The van der Waals surface area contributed by atoms with Gasteiger partial charge in [0.1, 0.15) is 24.7 Å². The smallest absolute Gasteiger partial charge is 0.407 e. The van der Waals surface area contributed by atoms with Crippen LogP contribution in [0.3, 0.4) is 0 Å². The summed E-state index contributed by atoms with van der Waals surface area (Å²) in [6, 6.07) is 13.4. The molecular formula is C32H41N3O6. The van der Waals surface area contributed by atoms with Gasteiger partial charge in [-0.05, 0) is 46.9 Å². The summed E-state index contributed by atoms with van der Waals surface area (Å²) in [6.45, 7) is 8.00. The summed E-state index contributed by atoms with van der Waals surface area (Å²) in [5, 5.41) is 15.2. The van der Waals surface area contributed by atoms with Gasteiger partial charge in [0, 0.05) is 12.5 Å². The number of carboxylic acids is 1. The molecule has 9 heteroatoms. The van der Waals surface area contributed by atoms with E-state index in [1.165, 1.54) is 4.90 Å². The summed E-state index contributed by atoms with van der Waals surface area (Å²) in [7, 11) is 0. The molecule has 0 unspecified atom stereocenters. The Morgan fingerprint density at radius 3 is 2.02 bits per heavy atom. The number of nitrogens with one attached hydrogen (secondary N) is 2. The van der Waals surface area contributed by atoms with Crippen LogP contribution in [0.2, 0.25) is 0 Å². The fourth-order valence-electron chi connectivity index (χ4n) is 5.86. The van der Waals surface area contributed by atoms with E-state index in [4.69, 9.17) is 4.74 Å². The van der Waals surface area contributed by atoms with Crippen LogP contribution in [0.4, 0.5) is 4.79 Å². The average molecular weight is 564 g/mol. The molecule has 1 heterocycles. The first-order valence-electron chi connectivity index (χ1n) is 14.6. The lowest BCUT2D eigenvalue weighted by Gasteiger charge is -2.32. The summed E-state index contributed by atoms with van der Waals surface area (Å²) >= 11 is 0. The number of benzene rings is 2. The molecule has 1 aliphatic carbocycles. The number of nitrogens with zero attached hydrogens (tertiary/aromatic N) is 1. The predicted molar refractivity (Wildman–Crippen MR) is 155 cm³/mol. The lowest BCUT2D eigenvalue weighted by Crippen LogP contribution is -2.59. The van der Waals surface area contributed by atoms with Crippen molar-refractivity contribution in [2.24, 2.45) is 11.8 Å². The molecule has 2 aromatic carbocycles. The van der Waals surface area contributed by atoms with Crippen LogP contribution in [-0.4, -0.2) is 65.2 Å². The van der Waals surface area contributed by atoms with E-state index in [1.807, 2.05) is 64.1 Å². The van der Waals surface area contributed by atoms with Crippen LogP contribution in [0.15, 0.2) is 48.5 Å². The number of amides is 3. The molecule has 220 valence electrons. The maximum Gasteiger partial charge on any atom is 0.407 e. The molecule has 5 atom stereocenters. The van der Waals surface area contributed by atoms with E-state index in [9.17, 15) is 24.3 Å². The number of ether oxygens (including phenoxy) is 1. The van der Waals surface area contributed by atoms with Crippen molar-refractivity contribution in [2.75, 3.05) is 13.2 Å². The minimum Gasteiger partial charge on any atom is -0.480 e. The number of likely N-dealkylation sites (tertiary alicyclic amines) is 1. The first kappa shape index (κ1) is 30.1. The first-order chi connectivity index (χ1) is 19.7. The molecule has 41 heavy (non-hydrogen) atoms. The number of fused-ring (bicyclic) bond motifs is 3. The van der Waals surface area contributed by atoms with Crippen molar-refractivity contribution in [3.8, 4) is 11.1 Å². The number of hydrogen-bond acceptors (Lipinski definition) is 5. The highest BCUT2D eigenvalue weighted by Crippen LogP contribution is 2.44. The molecule has 2 aromatic rings. The van der Waals surface area contributed by atoms with Gasteiger partial charge in [-0.2, -0.15) is 0 Å². The fraction of sp³-hybridized carbons (Fsp3) is 0.500. The summed E-state index contributed by atoms with van der Waals surface area (Å²) in [5.74, 6) is -2.51. The summed E-state index contributed by atoms with van der Waals surface area (Å²) in [6.07, 6.45) is 1.50. The highest BCUT2D eigenvalue weighted by molar-refractivity contribution is 5.93. The van der Waals surface area contributed by atoms with Crippen molar-refractivity contribution in [3.63, 3.8) is 0 Å². The Kier molecular flexibility index (Phi) is 9.68. The van der Waals surface area contributed by atoms with Gasteiger partial charge in [-0.3, -0.25) is 9.59 Å². The van der Waals surface area contributed by atoms with Crippen LogP contribution in [0, 0.1) is 11.8 Å². The molecule has 0 radical (unpaired) electrons. The van der Waals surface area contributed by atoms with Crippen molar-refractivity contribution in [1.82, 2.24) is 15.5 Å². The molecule has 0 spiro atoms. The highest BCUT2D eigenvalue weighted by Gasteiger charge is 2.40. The van der Waals surface area contributed by atoms with Crippen molar-refractivity contribution in [1.29, 1.82) is 0 Å². The Labute approximate surface area is 241 Å².